The summed E-state index contributed by atoms with van der Waals surface area (Å²) in [5, 5.41) is 15.3. The third-order valence-electron chi connectivity index (χ3n) is 0.143. The Morgan fingerprint density at radius 3 is 1.86 bits per heavy atom. The van der Waals surface area contributed by atoms with Crippen LogP contribution < -0.4 is 0 Å². The average Bonchev–Trinajstić information content (AvgIpc) is 1.69. The average molecular weight is 293 g/mol. The molecule has 0 aliphatic rings. The van der Waals surface area contributed by atoms with E-state index < -0.39 is 24.5 Å². The van der Waals surface area contributed by atoms with Crippen LogP contribution in [0.3, 0.4) is 0 Å². The second-order valence-corrected chi connectivity index (χ2v) is 2.24. The van der Waals surface area contributed by atoms with Gasteiger partial charge in [0.25, 0.3) is 0 Å². The quantitative estimate of drug-likeness (QED) is 0.509. The molecule has 0 aromatic rings. The van der Waals surface area contributed by atoms with Gasteiger partial charge in [0.1, 0.15) is 0 Å². The molecule has 0 bridgehead atoms. The number of nitrogens with zero attached hydrogens (tertiary/aromatic N) is 2. The van der Waals surface area contributed by atoms with Gasteiger partial charge in [-0.1, -0.05) is 0 Å². The molecule has 0 unspecified atom stereocenters. The Labute approximate surface area is 53.3 Å². The van der Waals surface area contributed by atoms with E-state index in [1.807, 2.05) is 0 Å². The van der Waals surface area contributed by atoms with Crippen molar-refractivity contribution in [2.75, 3.05) is 0 Å². The summed E-state index contributed by atoms with van der Waals surface area (Å²) in [5.74, 6) is 0. The van der Waals surface area contributed by atoms with Crippen molar-refractivity contribution in [2.45, 2.75) is 0 Å². The predicted molar refractivity (Wildman–Crippen MR) is 19.1 cm³/mol. The van der Waals surface area contributed by atoms with Gasteiger partial charge in [0.2, 0.25) is 0 Å². The fourth-order valence-corrected chi connectivity index (χ4v) is 0.416. The van der Waals surface area contributed by atoms with Crippen molar-refractivity contribution in [2.24, 2.45) is 0 Å². The molecule has 0 aliphatic heterocycles. The van der Waals surface area contributed by atoms with E-state index in [9.17, 15) is 0 Å². The van der Waals surface area contributed by atoms with Gasteiger partial charge in [-0.3, -0.25) is 0 Å². The molecule has 0 rings (SSSR count). The first-order valence-electron chi connectivity index (χ1n) is 1.19. The van der Waals surface area contributed by atoms with E-state index in [0.717, 1.165) is 0 Å². The molecule has 0 spiro atoms. The van der Waals surface area contributed by atoms with Crippen molar-refractivity contribution in [3.63, 3.8) is 0 Å². The van der Waals surface area contributed by atoms with Gasteiger partial charge < -0.3 is 0 Å². The van der Waals surface area contributed by atoms with Gasteiger partial charge in [-0.15, -0.1) is 0 Å². The molecular weight excluding hydrogens is 293 g/mol. The molecule has 0 heterocycles. The molecule has 0 aromatic carbocycles. The van der Waals surface area contributed by atoms with Gasteiger partial charge in [-0.2, -0.15) is 0 Å². The number of rotatable bonds is 2. The Morgan fingerprint density at radius 2 is 1.57 bits per heavy atom. The maximum absolute atomic E-state index is 7.67. The van der Waals surface area contributed by atoms with E-state index >= 15 is 0 Å². The summed E-state index contributed by atoms with van der Waals surface area (Å²) >= 11 is -1.52. The normalized spacial score (nSPS) is 5.43. The first kappa shape index (κ1) is 6.48. The number of hydrogen-bond acceptors (Lipinski definition) is 4. The Hall–Kier alpha value is -0.524. The predicted octanol–water partition coefficient (Wildman–Crippen LogP) is -0.484. The molecule has 7 heavy (non-hydrogen) atoms. The molecule has 0 saturated heterocycles. The molecule has 0 fully saturated rings. The summed E-state index contributed by atoms with van der Waals surface area (Å²) in [6, 6.07) is 0. The van der Waals surface area contributed by atoms with Crippen LogP contribution in [0.4, 0.5) is 0 Å². The molecule has 4 nitrogen and oxygen atoms in total. The monoisotopic (exact) mass is 293 g/mol. The minimum atomic E-state index is -1.52. The summed E-state index contributed by atoms with van der Waals surface area (Å²) in [6.07, 6.45) is 2.80. The van der Waals surface area contributed by atoms with Crippen LogP contribution in [0.5, 0.6) is 0 Å². The van der Waals surface area contributed by atoms with Crippen molar-refractivity contribution in [3.8, 4) is 12.5 Å². The van der Waals surface area contributed by atoms with Crippen molar-refractivity contribution >= 4 is 24.5 Å². The molecule has 0 N–H and O–H groups in total. The summed E-state index contributed by atoms with van der Waals surface area (Å²) in [4.78, 5) is 0. The molecular formula is C2N2O2Po. The first-order valence-corrected chi connectivity index (χ1v) is 3.78. The van der Waals surface area contributed by atoms with Gasteiger partial charge in [-0.05, 0) is 0 Å². The van der Waals surface area contributed by atoms with Crippen LogP contribution in [0.1, 0.15) is 0 Å². The van der Waals surface area contributed by atoms with E-state index in [2.05, 4.69) is 5.54 Å². The Kier molecular flexibility index (Phi) is 5.07. The maximum atomic E-state index is 7.67. The van der Waals surface area contributed by atoms with Gasteiger partial charge >= 0.3 is 53.0 Å². The fraction of sp³-hybridized carbons (Fsp3) is 0. The van der Waals surface area contributed by atoms with Crippen molar-refractivity contribution < 1.29 is 5.54 Å². The summed E-state index contributed by atoms with van der Waals surface area (Å²) in [6.45, 7) is 0. The van der Waals surface area contributed by atoms with Gasteiger partial charge in [0.05, 0.1) is 0 Å². The third kappa shape index (κ3) is 5.48. The van der Waals surface area contributed by atoms with Crippen LogP contribution in [0.25, 0.3) is 0 Å². The topological polar surface area (TPSA) is 66.0 Å². The van der Waals surface area contributed by atoms with E-state index in [1.165, 1.54) is 12.5 Å². The zero-order valence-electron chi connectivity index (χ0n) is 3.12. The van der Waals surface area contributed by atoms with E-state index in [0.29, 0.717) is 0 Å². The molecule has 36 valence electrons. The molecule has 0 aliphatic carbocycles. The van der Waals surface area contributed by atoms with Crippen molar-refractivity contribution in [1.82, 2.24) is 0 Å². The molecule has 0 aromatic heterocycles. The molecule has 0 amide bonds. The van der Waals surface area contributed by atoms with Crippen LogP contribution in [0, 0.1) is 23.0 Å². The van der Waals surface area contributed by atoms with Crippen molar-refractivity contribution in [1.29, 1.82) is 10.5 Å². The van der Waals surface area contributed by atoms with E-state index in [4.69, 9.17) is 10.5 Å². The zero-order chi connectivity index (χ0) is 5.54. The molecule has 0 radical (unpaired) electrons. The zero-order valence-corrected chi connectivity index (χ0v) is 6.29. The van der Waals surface area contributed by atoms with Crippen LogP contribution in [0.2, 0.25) is 0 Å². The molecule has 0 atom stereocenters. The first-order chi connectivity index (χ1) is 3.41. The molecule has 5 heteroatoms. The Balaban J connectivity index is 2.77. The standard InChI is InChI=1S/2CHNO.Po/c2*2-1-3;/h2*3H;/q;;+2/p-2. The van der Waals surface area contributed by atoms with Gasteiger partial charge in [-0.25, -0.2) is 0 Å². The van der Waals surface area contributed by atoms with Crippen molar-refractivity contribution in [3.05, 3.63) is 0 Å². The number of hydrogen-bond donors (Lipinski definition) is 0. The van der Waals surface area contributed by atoms with Gasteiger partial charge in [0.15, 0.2) is 0 Å². The summed E-state index contributed by atoms with van der Waals surface area (Å²) < 4.78 is 8.20. The van der Waals surface area contributed by atoms with Crippen LogP contribution >= 0.6 is 0 Å². The van der Waals surface area contributed by atoms with Crippen LogP contribution in [0.15, 0.2) is 0 Å². The summed E-state index contributed by atoms with van der Waals surface area (Å²) in [5.41, 5.74) is 0. The molecule has 0 saturated carbocycles. The van der Waals surface area contributed by atoms with Gasteiger partial charge in [0, 0.05) is 0 Å². The van der Waals surface area contributed by atoms with E-state index in [1.54, 1.807) is 0 Å². The fourth-order valence-electron chi connectivity index (χ4n) is 0.0474. The second-order valence-electron chi connectivity index (χ2n) is 0.417. The Bertz CT molecular complexity index is 97.8. The number of nitriles is 2. The van der Waals surface area contributed by atoms with E-state index in [-0.39, 0.29) is 0 Å². The summed E-state index contributed by atoms with van der Waals surface area (Å²) in [7, 11) is 0. The second kappa shape index (κ2) is 5.48. The minimum absolute atomic E-state index is 1.40. The Morgan fingerprint density at radius 1 is 1.14 bits per heavy atom. The van der Waals surface area contributed by atoms with Crippen LogP contribution in [-0.4, -0.2) is 24.5 Å². The third-order valence-corrected chi connectivity index (χ3v) is 1.25. The van der Waals surface area contributed by atoms with Crippen LogP contribution in [-0.2, 0) is 5.54 Å². The SMILES string of the molecule is N#C[O][Po][O]C#N.